The normalized spacial score (nSPS) is 14.5. The third-order valence-electron chi connectivity index (χ3n) is 2.61. The number of aliphatic hydroxyl groups excluding tert-OH is 2. The lowest BCUT2D eigenvalue weighted by molar-refractivity contribution is 0.113. The second kappa shape index (κ2) is 7.74. The average molecular weight is 273 g/mol. The van der Waals surface area contributed by atoms with Gasteiger partial charge in [0, 0.05) is 16.7 Å². The summed E-state index contributed by atoms with van der Waals surface area (Å²) in [4.78, 5) is 0.495. The van der Waals surface area contributed by atoms with Gasteiger partial charge in [0.05, 0.1) is 12.7 Å². The fraction of sp³-hybridized carbons (Fsp3) is 0.538. The van der Waals surface area contributed by atoms with Gasteiger partial charge in [0.15, 0.2) is 0 Å². The van der Waals surface area contributed by atoms with E-state index in [2.05, 4.69) is 5.32 Å². The number of nitrogens with one attached hydrogen (secondary N) is 1. The summed E-state index contributed by atoms with van der Waals surface area (Å²) in [5, 5.41) is 21.1. The third-order valence-corrected chi connectivity index (χ3v) is 3.80. The first-order valence-electron chi connectivity index (χ1n) is 6.03. The van der Waals surface area contributed by atoms with Crippen molar-refractivity contribution < 1.29 is 14.6 Å². The third kappa shape index (κ3) is 4.57. The van der Waals surface area contributed by atoms with Crippen LogP contribution in [0.25, 0.3) is 0 Å². The fourth-order valence-corrected chi connectivity index (χ4v) is 2.40. The summed E-state index contributed by atoms with van der Waals surface area (Å²) >= 11 is 1.21. The Balaban J connectivity index is 2.67. The summed E-state index contributed by atoms with van der Waals surface area (Å²) < 4.78 is 13.8. The maximum atomic E-state index is 13.8. The van der Waals surface area contributed by atoms with Crippen molar-refractivity contribution in [2.45, 2.75) is 30.9 Å². The quantitative estimate of drug-likeness (QED) is 0.665. The van der Waals surface area contributed by atoms with E-state index in [0.29, 0.717) is 4.90 Å². The highest BCUT2D eigenvalue weighted by Gasteiger charge is 2.10. The van der Waals surface area contributed by atoms with Gasteiger partial charge in [0.2, 0.25) is 0 Å². The zero-order valence-electron chi connectivity index (χ0n) is 10.7. The van der Waals surface area contributed by atoms with Gasteiger partial charge in [-0.15, -0.1) is 11.8 Å². The molecule has 3 N–H and O–H groups in total. The Labute approximate surface area is 111 Å². The molecule has 0 aromatic heterocycles. The van der Waals surface area contributed by atoms with E-state index in [4.69, 9.17) is 5.11 Å². The summed E-state index contributed by atoms with van der Waals surface area (Å²) in [5.41, 5.74) is 0.904. The molecule has 0 fully saturated rings. The summed E-state index contributed by atoms with van der Waals surface area (Å²) in [6.07, 6.45) is -0.810. The van der Waals surface area contributed by atoms with Crippen molar-refractivity contribution in [3.63, 3.8) is 0 Å². The van der Waals surface area contributed by atoms with Crippen LogP contribution in [0, 0.1) is 5.82 Å². The Morgan fingerprint density at radius 1 is 1.44 bits per heavy atom. The van der Waals surface area contributed by atoms with E-state index in [1.165, 1.54) is 17.8 Å². The average Bonchev–Trinajstić information content (AvgIpc) is 2.37. The summed E-state index contributed by atoms with van der Waals surface area (Å²) in [6.45, 7) is 4.53. The van der Waals surface area contributed by atoms with Crippen LogP contribution in [0.4, 0.5) is 4.39 Å². The first-order chi connectivity index (χ1) is 8.58. The van der Waals surface area contributed by atoms with E-state index in [9.17, 15) is 9.50 Å². The van der Waals surface area contributed by atoms with Gasteiger partial charge >= 0.3 is 0 Å². The van der Waals surface area contributed by atoms with Gasteiger partial charge in [-0.3, -0.25) is 0 Å². The molecule has 2 atom stereocenters. The minimum Gasteiger partial charge on any atom is -0.394 e. The van der Waals surface area contributed by atoms with Gasteiger partial charge in [0.1, 0.15) is 5.82 Å². The van der Waals surface area contributed by atoms with Crippen LogP contribution in [0.2, 0.25) is 0 Å². The number of hydrogen-bond donors (Lipinski definition) is 3. The van der Waals surface area contributed by atoms with Gasteiger partial charge in [-0.1, -0.05) is 13.0 Å². The van der Waals surface area contributed by atoms with Crippen molar-refractivity contribution in [1.29, 1.82) is 0 Å². The van der Waals surface area contributed by atoms with E-state index in [-0.39, 0.29) is 24.2 Å². The van der Waals surface area contributed by atoms with Gasteiger partial charge in [-0.05, 0) is 31.2 Å². The summed E-state index contributed by atoms with van der Waals surface area (Å²) in [5.74, 6) is 0.00241. The highest BCUT2D eigenvalue weighted by Crippen LogP contribution is 2.25. The fourth-order valence-electron chi connectivity index (χ4n) is 1.57. The monoisotopic (exact) mass is 273 g/mol. The molecule has 1 aromatic rings. The Kier molecular flexibility index (Phi) is 6.63. The number of hydrogen-bond acceptors (Lipinski definition) is 4. The molecule has 0 saturated heterocycles. The molecule has 0 bridgehead atoms. The predicted molar refractivity (Wildman–Crippen MR) is 72.3 cm³/mol. The lowest BCUT2D eigenvalue weighted by Gasteiger charge is -2.14. The van der Waals surface area contributed by atoms with E-state index in [1.54, 1.807) is 6.07 Å². The Morgan fingerprint density at radius 3 is 2.72 bits per heavy atom. The molecule has 0 aliphatic carbocycles. The molecule has 5 heteroatoms. The molecular formula is C13H20FNO2S. The number of rotatable bonds is 7. The van der Waals surface area contributed by atoms with Crippen LogP contribution in [-0.4, -0.2) is 35.2 Å². The molecule has 0 aliphatic heterocycles. The molecule has 1 rings (SSSR count). The number of halogens is 1. The van der Waals surface area contributed by atoms with Gasteiger partial charge in [0.25, 0.3) is 0 Å². The van der Waals surface area contributed by atoms with Gasteiger partial charge < -0.3 is 15.5 Å². The molecule has 0 saturated carbocycles. The molecule has 0 amide bonds. The van der Waals surface area contributed by atoms with E-state index in [1.807, 2.05) is 19.9 Å². The highest BCUT2D eigenvalue weighted by molar-refractivity contribution is 7.99. The predicted octanol–water partition coefficient (Wildman–Crippen LogP) is 1.94. The largest absolute Gasteiger partial charge is 0.394 e. The SMILES string of the molecule is CCNC(C)c1ccc(SCC(O)CO)c(F)c1. The minimum absolute atomic E-state index is 0.117. The number of thioether (sulfide) groups is 1. The lowest BCUT2D eigenvalue weighted by Crippen LogP contribution is -2.18. The van der Waals surface area contributed by atoms with Crippen molar-refractivity contribution in [2.75, 3.05) is 18.9 Å². The second-order valence-corrected chi connectivity index (χ2v) is 5.18. The standard InChI is InChI=1S/C13H20FNO2S/c1-3-15-9(2)10-4-5-13(12(14)6-10)18-8-11(17)7-16/h4-6,9,11,15-17H,3,7-8H2,1-2H3. The number of aliphatic hydroxyl groups is 2. The lowest BCUT2D eigenvalue weighted by atomic mass is 10.1. The van der Waals surface area contributed by atoms with Crippen LogP contribution >= 0.6 is 11.8 Å². The Bertz CT molecular complexity index is 376. The molecule has 0 aliphatic rings. The molecule has 18 heavy (non-hydrogen) atoms. The first kappa shape index (κ1) is 15.4. The molecule has 2 unspecified atom stereocenters. The van der Waals surface area contributed by atoms with Crippen molar-refractivity contribution in [2.24, 2.45) is 0 Å². The second-order valence-electron chi connectivity index (χ2n) is 4.12. The minimum atomic E-state index is -0.810. The molecule has 1 aromatic carbocycles. The maximum absolute atomic E-state index is 13.8. The van der Waals surface area contributed by atoms with E-state index in [0.717, 1.165) is 12.1 Å². The van der Waals surface area contributed by atoms with Gasteiger partial charge in [-0.25, -0.2) is 4.39 Å². The van der Waals surface area contributed by atoms with Crippen molar-refractivity contribution >= 4 is 11.8 Å². The molecular weight excluding hydrogens is 253 g/mol. The van der Waals surface area contributed by atoms with Crippen LogP contribution in [0.5, 0.6) is 0 Å². The van der Waals surface area contributed by atoms with E-state index >= 15 is 0 Å². The summed E-state index contributed by atoms with van der Waals surface area (Å²) in [7, 11) is 0. The van der Waals surface area contributed by atoms with Crippen LogP contribution in [0.15, 0.2) is 23.1 Å². The van der Waals surface area contributed by atoms with E-state index < -0.39 is 6.10 Å². The van der Waals surface area contributed by atoms with Crippen LogP contribution < -0.4 is 5.32 Å². The molecule has 102 valence electrons. The molecule has 3 nitrogen and oxygen atoms in total. The summed E-state index contributed by atoms with van der Waals surface area (Å²) in [6, 6.07) is 5.23. The Morgan fingerprint density at radius 2 is 2.17 bits per heavy atom. The number of benzene rings is 1. The molecule has 0 radical (unpaired) electrons. The van der Waals surface area contributed by atoms with Crippen molar-refractivity contribution in [1.82, 2.24) is 5.32 Å². The van der Waals surface area contributed by atoms with Crippen LogP contribution in [-0.2, 0) is 0 Å². The molecule has 0 heterocycles. The maximum Gasteiger partial charge on any atom is 0.137 e. The molecule has 0 spiro atoms. The van der Waals surface area contributed by atoms with Crippen molar-refractivity contribution in [3.05, 3.63) is 29.6 Å². The topological polar surface area (TPSA) is 52.5 Å². The van der Waals surface area contributed by atoms with Crippen LogP contribution in [0.1, 0.15) is 25.5 Å². The van der Waals surface area contributed by atoms with Gasteiger partial charge in [-0.2, -0.15) is 0 Å². The Hall–Kier alpha value is -0.620. The zero-order valence-corrected chi connectivity index (χ0v) is 11.5. The zero-order chi connectivity index (χ0) is 13.5. The first-order valence-corrected chi connectivity index (χ1v) is 7.01. The smallest absolute Gasteiger partial charge is 0.137 e. The van der Waals surface area contributed by atoms with Crippen molar-refractivity contribution in [3.8, 4) is 0 Å². The highest BCUT2D eigenvalue weighted by atomic mass is 32.2. The van der Waals surface area contributed by atoms with Crippen LogP contribution in [0.3, 0.4) is 0 Å².